The van der Waals surface area contributed by atoms with Crippen molar-refractivity contribution in [2.45, 2.75) is 51.3 Å². The van der Waals surface area contributed by atoms with Crippen molar-refractivity contribution >= 4 is 0 Å². The van der Waals surface area contributed by atoms with Crippen LogP contribution in [-0.4, -0.2) is 42.9 Å². The Balaban J connectivity index is 1.89. The van der Waals surface area contributed by atoms with E-state index in [9.17, 15) is 0 Å². The molecule has 0 saturated carbocycles. The Kier molecular flexibility index (Phi) is 3.30. The maximum atomic E-state index is 5.96. The van der Waals surface area contributed by atoms with Gasteiger partial charge in [0, 0.05) is 12.1 Å². The first-order valence-electron chi connectivity index (χ1n) is 6.50. The van der Waals surface area contributed by atoms with Gasteiger partial charge in [-0.2, -0.15) is 0 Å². The van der Waals surface area contributed by atoms with Crippen LogP contribution in [-0.2, 0) is 4.74 Å². The molecule has 2 unspecified atom stereocenters. The summed E-state index contributed by atoms with van der Waals surface area (Å²) in [5.74, 6) is 0.783. The summed E-state index contributed by atoms with van der Waals surface area (Å²) >= 11 is 0. The van der Waals surface area contributed by atoms with E-state index in [2.05, 4.69) is 38.0 Å². The van der Waals surface area contributed by atoms with Crippen LogP contribution in [0.3, 0.4) is 0 Å². The Hall–Kier alpha value is -0.120. The molecule has 0 aromatic heterocycles. The number of nitrogens with zero attached hydrogens (tertiary/aromatic N) is 1. The fraction of sp³-hybridized carbons (Fsp3) is 1.00. The number of hydrogen-bond acceptors (Lipinski definition) is 3. The lowest BCUT2D eigenvalue weighted by molar-refractivity contribution is -0.0212. The van der Waals surface area contributed by atoms with Crippen molar-refractivity contribution in [1.29, 1.82) is 0 Å². The summed E-state index contributed by atoms with van der Waals surface area (Å²) in [6, 6.07) is 0. The van der Waals surface area contributed by atoms with Crippen LogP contribution in [0.2, 0.25) is 0 Å². The standard InChI is InChI=1S/C13H26N2O/c1-12(2)10-16-13(3,14-12)8-11-6-5-7-15(4)9-11/h11,14H,5-10H2,1-4H3. The first-order valence-corrected chi connectivity index (χ1v) is 6.50. The molecule has 1 N–H and O–H groups in total. The maximum Gasteiger partial charge on any atom is 0.117 e. The van der Waals surface area contributed by atoms with Crippen LogP contribution in [0.15, 0.2) is 0 Å². The molecule has 2 saturated heterocycles. The van der Waals surface area contributed by atoms with Crippen molar-refractivity contribution < 1.29 is 4.74 Å². The second-order valence-electron chi connectivity index (χ2n) is 6.50. The Morgan fingerprint density at radius 2 is 2.12 bits per heavy atom. The SMILES string of the molecule is CN1CCCC(CC2(C)NC(C)(C)CO2)C1. The van der Waals surface area contributed by atoms with Crippen molar-refractivity contribution in [1.82, 2.24) is 10.2 Å². The molecular formula is C13H26N2O. The number of piperidine rings is 1. The highest BCUT2D eigenvalue weighted by Crippen LogP contribution is 2.31. The lowest BCUT2D eigenvalue weighted by Crippen LogP contribution is -2.48. The van der Waals surface area contributed by atoms with Gasteiger partial charge in [-0.05, 0) is 59.5 Å². The first kappa shape index (κ1) is 12.3. The molecule has 0 aromatic carbocycles. The Labute approximate surface area is 99.5 Å². The predicted molar refractivity (Wildman–Crippen MR) is 66.4 cm³/mol. The van der Waals surface area contributed by atoms with Gasteiger partial charge in [-0.15, -0.1) is 0 Å². The summed E-state index contributed by atoms with van der Waals surface area (Å²) in [6.45, 7) is 9.94. The molecule has 0 amide bonds. The van der Waals surface area contributed by atoms with Crippen molar-refractivity contribution in [3.8, 4) is 0 Å². The zero-order valence-electron chi connectivity index (χ0n) is 11.2. The summed E-state index contributed by atoms with van der Waals surface area (Å²) in [5.41, 5.74) is 0.0294. The van der Waals surface area contributed by atoms with Gasteiger partial charge in [0.2, 0.25) is 0 Å². The molecule has 2 aliphatic rings. The van der Waals surface area contributed by atoms with Gasteiger partial charge in [0.15, 0.2) is 0 Å². The fourth-order valence-corrected chi connectivity index (χ4v) is 3.23. The van der Waals surface area contributed by atoms with E-state index in [1.807, 2.05) is 0 Å². The highest BCUT2D eigenvalue weighted by Gasteiger charge is 2.41. The lowest BCUT2D eigenvalue weighted by atomic mass is 9.90. The number of ether oxygens (including phenoxy) is 1. The molecule has 0 spiro atoms. The van der Waals surface area contributed by atoms with Crippen LogP contribution in [0.4, 0.5) is 0 Å². The molecule has 2 aliphatic heterocycles. The van der Waals surface area contributed by atoms with Crippen LogP contribution in [0.1, 0.15) is 40.0 Å². The quantitative estimate of drug-likeness (QED) is 0.777. The van der Waals surface area contributed by atoms with Crippen LogP contribution in [0.5, 0.6) is 0 Å². The topological polar surface area (TPSA) is 24.5 Å². The predicted octanol–water partition coefficient (Wildman–Crippen LogP) is 1.83. The third-order valence-electron chi connectivity index (χ3n) is 3.75. The van der Waals surface area contributed by atoms with Gasteiger partial charge in [0.1, 0.15) is 5.72 Å². The van der Waals surface area contributed by atoms with Crippen molar-refractivity contribution in [3.05, 3.63) is 0 Å². The second-order valence-corrected chi connectivity index (χ2v) is 6.50. The molecule has 0 radical (unpaired) electrons. The third kappa shape index (κ3) is 2.96. The van der Waals surface area contributed by atoms with Crippen LogP contribution >= 0.6 is 0 Å². The van der Waals surface area contributed by atoms with Gasteiger partial charge in [-0.1, -0.05) is 0 Å². The van der Waals surface area contributed by atoms with Crippen molar-refractivity contribution in [2.24, 2.45) is 5.92 Å². The molecule has 0 bridgehead atoms. The van der Waals surface area contributed by atoms with Crippen LogP contribution in [0, 0.1) is 5.92 Å². The number of likely N-dealkylation sites (tertiary alicyclic amines) is 1. The molecule has 2 fully saturated rings. The fourth-order valence-electron chi connectivity index (χ4n) is 3.23. The molecule has 0 aromatic rings. The van der Waals surface area contributed by atoms with Crippen molar-refractivity contribution in [2.75, 3.05) is 26.7 Å². The number of rotatable bonds is 2. The van der Waals surface area contributed by atoms with E-state index in [0.29, 0.717) is 0 Å². The van der Waals surface area contributed by atoms with E-state index >= 15 is 0 Å². The van der Waals surface area contributed by atoms with Gasteiger partial charge in [0.05, 0.1) is 6.61 Å². The minimum absolute atomic E-state index is 0.105. The van der Waals surface area contributed by atoms with E-state index in [1.54, 1.807) is 0 Å². The highest BCUT2D eigenvalue weighted by atomic mass is 16.5. The molecule has 16 heavy (non-hydrogen) atoms. The zero-order valence-corrected chi connectivity index (χ0v) is 11.2. The molecular weight excluding hydrogens is 200 g/mol. The van der Waals surface area contributed by atoms with E-state index in [-0.39, 0.29) is 11.3 Å². The smallest absolute Gasteiger partial charge is 0.117 e. The molecule has 94 valence electrons. The van der Waals surface area contributed by atoms with Crippen LogP contribution < -0.4 is 5.32 Å². The van der Waals surface area contributed by atoms with Crippen LogP contribution in [0.25, 0.3) is 0 Å². The highest BCUT2D eigenvalue weighted by molar-refractivity contribution is 4.93. The Morgan fingerprint density at radius 3 is 2.69 bits per heavy atom. The summed E-state index contributed by atoms with van der Waals surface area (Å²) in [5, 5.41) is 3.63. The maximum absolute atomic E-state index is 5.96. The van der Waals surface area contributed by atoms with Gasteiger partial charge >= 0.3 is 0 Å². The Morgan fingerprint density at radius 1 is 1.38 bits per heavy atom. The number of hydrogen-bond donors (Lipinski definition) is 1. The molecule has 3 heteroatoms. The number of nitrogens with one attached hydrogen (secondary N) is 1. The minimum Gasteiger partial charge on any atom is -0.359 e. The zero-order chi connectivity index (χ0) is 11.8. The third-order valence-corrected chi connectivity index (χ3v) is 3.75. The summed E-state index contributed by atoms with van der Waals surface area (Å²) in [6.07, 6.45) is 3.83. The summed E-state index contributed by atoms with van der Waals surface area (Å²) in [4.78, 5) is 2.44. The van der Waals surface area contributed by atoms with Gasteiger partial charge in [0.25, 0.3) is 0 Å². The largest absolute Gasteiger partial charge is 0.359 e. The Bertz CT molecular complexity index is 254. The molecule has 0 aliphatic carbocycles. The molecule has 2 heterocycles. The second kappa shape index (κ2) is 4.28. The molecule has 2 rings (SSSR count). The lowest BCUT2D eigenvalue weighted by Gasteiger charge is -2.35. The van der Waals surface area contributed by atoms with E-state index in [1.165, 1.54) is 25.9 Å². The van der Waals surface area contributed by atoms with E-state index in [4.69, 9.17) is 4.74 Å². The normalized spacial score (nSPS) is 40.1. The average Bonchev–Trinajstić information content (AvgIpc) is 2.40. The van der Waals surface area contributed by atoms with E-state index < -0.39 is 0 Å². The van der Waals surface area contributed by atoms with Gasteiger partial charge < -0.3 is 9.64 Å². The van der Waals surface area contributed by atoms with E-state index in [0.717, 1.165) is 18.9 Å². The summed E-state index contributed by atoms with van der Waals surface area (Å²) in [7, 11) is 2.22. The molecule has 3 nitrogen and oxygen atoms in total. The van der Waals surface area contributed by atoms with Crippen molar-refractivity contribution in [3.63, 3.8) is 0 Å². The summed E-state index contributed by atoms with van der Waals surface area (Å²) < 4.78 is 5.96. The first-order chi connectivity index (χ1) is 7.39. The monoisotopic (exact) mass is 226 g/mol. The minimum atomic E-state index is -0.105. The van der Waals surface area contributed by atoms with Gasteiger partial charge in [-0.25, -0.2) is 0 Å². The van der Waals surface area contributed by atoms with Gasteiger partial charge in [-0.3, -0.25) is 5.32 Å². The average molecular weight is 226 g/mol. The molecule has 2 atom stereocenters.